The molecule has 4 heteroatoms. The number of esters is 1. The van der Waals surface area contributed by atoms with Crippen LogP contribution in [-0.4, -0.2) is 18.0 Å². The summed E-state index contributed by atoms with van der Waals surface area (Å²) < 4.78 is 5.37. The predicted octanol–water partition coefficient (Wildman–Crippen LogP) is 4.77. The van der Waals surface area contributed by atoms with Gasteiger partial charge >= 0.3 is 5.97 Å². The van der Waals surface area contributed by atoms with Crippen molar-refractivity contribution in [3.05, 3.63) is 35.9 Å². The highest BCUT2D eigenvalue weighted by Crippen LogP contribution is 2.14. The van der Waals surface area contributed by atoms with Crippen molar-refractivity contribution >= 4 is 11.9 Å². The number of rotatable bonds is 13. The second kappa shape index (κ2) is 13.5. The molecule has 1 N–H and O–H groups in total. The first kappa shape index (κ1) is 21.2. The summed E-state index contributed by atoms with van der Waals surface area (Å²) in [7, 11) is 0. The fourth-order valence-electron chi connectivity index (χ4n) is 2.83. The van der Waals surface area contributed by atoms with Gasteiger partial charge in [0.1, 0.15) is 6.10 Å². The molecular formula is C21H33NO3. The van der Waals surface area contributed by atoms with Crippen molar-refractivity contribution in [3.63, 3.8) is 0 Å². The van der Waals surface area contributed by atoms with E-state index >= 15 is 0 Å². The Hall–Kier alpha value is -1.84. The lowest BCUT2D eigenvalue weighted by Crippen LogP contribution is -2.25. The van der Waals surface area contributed by atoms with E-state index in [-0.39, 0.29) is 18.0 Å². The molecule has 0 spiro atoms. The zero-order chi connectivity index (χ0) is 18.3. The molecule has 1 atom stereocenters. The van der Waals surface area contributed by atoms with Crippen LogP contribution in [0.15, 0.2) is 30.3 Å². The largest absolute Gasteiger partial charge is 0.463 e. The van der Waals surface area contributed by atoms with Gasteiger partial charge < -0.3 is 10.1 Å². The van der Waals surface area contributed by atoms with Gasteiger partial charge in [-0.05, 0) is 24.8 Å². The van der Waals surface area contributed by atoms with Crippen LogP contribution in [0.5, 0.6) is 0 Å². The molecule has 0 radical (unpaired) electrons. The van der Waals surface area contributed by atoms with E-state index in [9.17, 15) is 9.59 Å². The van der Waals surface area contributed by atoms with Crippen LogP contribution in [0.4, 0.5) is 0 Å². The normalized spacial score (nSPS) is 11.8. The van der Waals surface area contributed by atoms with Gasteiger partial charge in [0.2, 0.25) is 5.91 Å². The molecule has 140 valence electrons. The highest BCUT2D eigenvalue weighted by molar-refractivity contribution is 5.75. The summed E-state index contributed by atoms with van der Waals surface area (Å²) in [5.41, 5.74) is 1.08. The average molecular weight is 347 g/mol. The van der Waals surface area contributed by atoms with Gasteiger partial charge in [-0.3, -0.25) is 9.59 Å². The van der Waals surface area contributed by atoms with Crippen LogP contribution >= 0.6 is 0 Å². The van der Waals surface area contributed by atoms with E-state index in [0.29, 0.717) is 19.4 Å². The Balaban J connectivity index is 2.24. The minimum absolute atomic E-state index is 0.00366. The number of hydrogen-bond donors (Lipinski definition) is 1. The van der Waals surface area contributed by atoms with Crippen molar-refractivity contribution in [2.45, 2.75) is 84.3 Å². The van der Waals surface area contributed by atoms with Crippen molar-refractivity contribution < 1.29 is 14.3 Å². The summed E-state index contributed by atoms with van der Waals surface area (Å²) >= 11 is 0. The predicted molar refractivity (Wildman–Crippen MR) is 101 cm³/mol. The van der Waals surface area contributed by atoms with Crippen molar-refractivity contribution in [3.8, 4) is 0 Å². The lowest BCUT2D eigenvalue weighted by atomic mass is 10.0. The topological polar surface area (TPSA) is 55.4 Å². The third-order valence-electron chi connectivity index (χ3n) is 4.24. The maximum absolute atomic E-state index is 12.0. The molecular weight excluding hydrogens is 314 g/mol. The van der Waals surface area contributed by atoms with Crippen LogP contribution in [0.1, 0.15) is 77.2 Å². The monoisotopic (exact) mass is 347 g/mol. The lowest BCUT2D eigenvalue weighted by molar-refractivity contribution is -0.147. The van der Waals surface area contributed by atoms with Crippen LogP contribution < -0.4 is 5.32 Å². The Labute approximate surface area is 152 Å². The highest BCUT2D eigenvalue weighted by atomic mass is 16.5. The first-order valence-corrected chi connectivity index (χ1v) is 9.59. The van der Waals surface area contributed by atoms with E-state index in [1.807, 2.05) is 30.3 Å². The Bertz CT molecular complexity index is 487. The molecule has 0 bridgehead atoms. The molecule has 4 nitrogen and oxygen atoms in total. The van der Waals surface area contributed by atoms with Gasteiger partial charge in [0, 0.05) is 19.9 Å². The number of hydrogen-bond acceptors (Lipinski definition) is 3. The van der Waals surface area contributed by atoms with Crippen LogP contribution in [0, 0.1) is 0 Å². The second-order valence-electron chi connectivity index (χ2n) is 6.59. The third kappa shape index (κ3) is 11.4. The van der Waals surface area contributed by atoms with Crippen LogP contribution in [-0.2, 0) is 20.9 Å². The summed E-state index contributed by atoms with van der Waals surface area (Å²) in [6, 6.07) is 9.84. The van der Waals surface area contributed by atoms with Gasteiger partial charge in [0.25, 0.3) is 0 Å². The van der Waals surface area contributed by atoms with Gasteiger partial charge in [0.05, 0.1) is 0 Å². The van der Waals surface area contributed by atoms with Crippen molar-refractivity contribution in [2.75, 3.05) is 0 Å². The third-order valence-corrected chi connectivity index (χ3v) is 4.24. The van der Waals surface area contributed by atoms with Gasteiger partial charge in [-0.15, -0.1) is 0 Å². The minimum atomic E-state index is -0.263. The van der Waals surface area contributed by atoms with Gasteiger partial charge in [0.15, 0.2) is 0 Å². The zero-order valence-electron chi connectivity index (χ0n) is 15.8. The number of carbonyl (C=O) groups is 2. The number of benzene rings is 1. The van der Waals surface area contributed by atoms with Crippen molar-refractivity contribution in [1.82, 2.24) is 5.32 Å². The molecule has 25 heavy (non-hydrogen) atoms. The molecule has 0 fully saturated rings. The number of carbonyl (C=O) groups excluding carboxylic acids is 2. The Kier molecular flexibility index (Phi) is 11.4. The van der Waals surface area contributed by atoms with E-state index in [4.69, 9.17) is 4.74 Å². The molecule has 0 heterocycles. The molecule has 1 amide bonds. The molecule has 0 aliphatic rings. The van der Waals surface area contributed by atoms with E-state index in [1.54, 1.807) is 0 Å². The summed E-state index contributed by atoms with van der Waals surface area (Å²) in [4.78, 5) is 23.3. The number of nitrogens with one attached hydrogen (secondary N) is 1. The molecule has 1 aromatic carbocycles. The lowest BCUT2D eigenvalue weighted by Gasteiger charge is -2.17. The van der Waals surface area contributed by atoms with E-state index in [1.165, 1.54) is 32.6 Å². The number of amides is 1. The molecule has 0 aliphatic heterocycles. The van der Waals surface area contributed by atoms with Crippen LogP contribution in [0.25, 0.3) is 0 Å². The fraction of sp³-hybridized carbons (Fsp3) is 0.619. The first-order chi connectivity index (χ1) is 12.1. The Morgan fingerprint density at radius 1 is 1.00 bits per heavy atom. The molecule has 0 unspecified atom stereocenters. The number of unbranched alkanes of at least 4 members (excludes halogenated alkanes) is 5. The average Bonchev–Trinajstić information content (AvgIpc) is 2.61. The summed E-state index contributed by atoms with van der Waals surface area (Å²) in [6.07, 6.45) is 8.93. The van der Waals surface area contributed by atoms with Crippen molar-refractivity contribution in [2.24, 2.45) is 0 Å². The smallest absolute Gasteiger partial charge is 0.302 e. The summed E-state index contributed by atoms with van der Waals surface area (Å²) in [5, 5.41) is 2.92. The number of ether oxygens (including phenoxy) is 1. The molecule has 0 aromatic heterocycles. The Morgan fingerprint density at radius 2 is 1.68 bits per heavy atom. The van der Waals surface area contributed by atoms with E-state index in [0.717, 1.165) is 24.8 Å². The Morgan fingerprint density at radius 3 is 2.36 bits per heavy atom. The minimum Gasteiger partial charge on any atom is -0.463 e. The molecule has 1 aromatic rings. The molecule has 1 rings (SSSR count). The van der Waals surface area contributed by atoms with Crippen LogP contribution in [0.2, 0.25) is 0 Å². The standard InChI is InChI=1S/C21H33NO3/c1-3-4-5-6-7-11-14-20(25-18(2)23)15-16-21(24)22-17-19-12-9-8-10-13-19/h8-10,12-13,20H,3-7,11,14-17H2,1-2H3,(H,22,24)/t20-/m0/s1. The molecule has 0 saturated carbocycles. The highest BCUT2D eigenvalue weighted by Gasteiger charge is 2.14. The summed E-state index contributed by atoms with van der Waals surface area (Å²) in [6.45, 7) is 4.18. The van der Waals surface area contributed by atoms with E-state index in [2.05, 4.69) is 12.2 Å². The first-order valence-electron chi connectivity index (χ1n) is 9.59. The van der Waals surface area contributed by atoms with Gasteiger partial charge in [-0.1, -0.05) is 69.4 Å². The summed E-state index contributed by atoms with van der Waals surface area (Å²) in [5.74, 6) is -0.260. The quantitative estimate of drug-likeness (QED) is 0.413. The molecule has 0 saturated heterocycles. The second-order valence-corrected chi connectivity index (χ2v) is 6.59. The van der Waals surface area contributed by atoms with Gasteiger partial charge in [-0.2, -0.15) is 0 Å². The maximum Gasteiger partial charge on any atom is 0.302 e. The maximum atomic E-state index is 12.0. The zero-order valence-corrected chi connectivity index (χ0v) is 15.8. The fourth-order valence-corrected chi connectivity index (χ4v) is 2.83. The SMILES string of the molecule is CCCCCCCC[C@@H](CCC(=O)NCc1ccccc1)OC(C)=O. The molecule has 0 aliphatic carbocycles. The van der Waals surface area contributed by atoms with Crippen molar-refractivity contribution in [1.29, 1.82) is 0 Å². The van der Waals surface area contributed by atoms with Gasteiger partial charge in [-0.25, -0.2) is 0 Å². The van der Waals surface area contributed by atoms with Crippen LogP contribution in [0.3, 0.4) is 0 Å². The van der Waals surface area contributed by atoms with E-state index < -0.39 is 0 Å².